The van der Waals surface area contributed by atoms with Crippen LogP contribution in [-0.2, 0) is 18.3 Å². The number of carbonyl (C=O) groups is 1. The van der Waals surface area contributed by atoms with Gasteiger partial charge in [0, 0.05) is 13.5 Å². The number of hydrogen-bond donors (Lipinski definition) is 0. The topological polar surface area (TPSA) is 34.9 Å². The third kappa shape index (κ3) is 1.43. The van der Waals surface area contributed by atoms with Crippen molar-refractivity contribution in [3.63, 3.8) is 0 Å². The molecule has 0 saturated carbocycles. The molecule has 0 N–H and O–H groups in total. The van der Waals surface area contributed by atoms with Gasteiger partial charge in [-0.05, 0) is 6.92 Å². The molecule has 0 aliphatic carbocycles. The lowest BCUT2D eigenvalue weighted by Crippen LogP contribution is -1.98. The Bertz CT molecular complexity index is 280. The second-order valence-corrected chi connectivity index (χ2v) is 2.72. The molecule has 4 heteroatoms. The van der Waals surface area contributed by atoms with Gasteiger partial charge in [-0.15, -0.1) is 0 Å². The number of aryl methyl sites for hydroxylation is 2. The summed E-state index contributed by atoms with van der Waals surface area (Å²) in [6, 6.07) is 0. The monoisotopic (exact) mass is 172 g/mol. The normalized spacial score (nSPS) is 10.1. The number of nitrogens with zero attached hydrogens (tertiary/aromatic N) is 2. The second kappa shape index (κ2) is 3.05. The molecule has 0 bridgehead atoms. The first kappa shape index (κ1) is 8.27. The maximum Gasteiger partial charge on any atom is 0.125 e. The minimum Gasteiger partial charge on any atom is -0.303 e. The zero-order valence-electron chi connectivity index (χ0n) is 6.47. The van der Waals surface area contributed by atoms with Crippen LogP contribution in [0.2, 0.25) is 5.02 Å². The van der Waals surface area contributed by atoms with Gasteiger partial charge in [-0.1, -0.05) is 11.6 Å². The molecule has 0 amide bonds. The summed E-state index contributed by atoms with van der Waals surface area (Å²) < 4.78 is 1.63. The largest absolute Gasteiger partial charge is 0.303 e. The summed E-state index contributed by atoms with van der Waals surface area (Å²) in [5, 5.41) is 4.65. The van der Waals surface area contributed by atoms with Crippen LogP contribution in [0.3, 0.4) is 0 Å². The first-order chi connectivity index (χ1) is 5.16. The molecule has 0 aliphatic rings. The van der Waals surface area contributed by atoms with E-state index in [1.807, 2.05) is 6.92 Å². The van der Waals surface area contributed by atoms with Gasteiger partial charge in [-0.25, -0.2) is 0 Å². The van der Waals surface area contributed by atoms with E-state index in [4.69, 9.17) is 11.6 Å². The molecule has 0 fully saturated rings. The van der Waals surface area contributed by atoms with E-state index < -0.39 is 0 Å². The second-order valence-electron chi connectivity index (χ2n) is 2.34. The van der Waals surface area contributed by atoms with Gasteiger partial charge in [0.05, 0.1) is 16.4 Å². The molecular weight excluding hydrogens is 164 g/mol. The number of rotatable bonds is 2. The first-order valence-electron chi connectivity index (χ1n) is 3.28. The Kier molecular flexibility index (Phi) is 2.29. The maximum atomic E-state index is 10.2. The standard InChI is InChI=1S/C7H9ClN2O/c1-5-7(8)6(3-4-11)10(2)9-5/h4H,3H2,1-2H3. The summed E-state index contributed by atoms with van der Waals surface area (Å²) in [5.74, 6) is 0. The quantitative estimate of drug-likeness (QED) is 0.627. The van der Waals surface area contributed by atoms with Gasteiger partial charge in [0.1, 0.15) is 6.29 Å². The van der Waals surface area contributed by atoms with Gasteiger partial charge >= 0.3 is 0 Å². The van der Waals surface area contributed by atoms with Gasteiger partial charge in [-0.2, -0.15) is 5.10 Å². The van der Waals surface area contributed by atoms with E-state index >= 15 is 0 Å². The minimum atomic E-state index is 0.330. The van der Waals surface area contributed by atoms with E-state index in [-0.39, 0.29) is 0 Å². The van der Waals surface area contributed by atoms with Crippen LogP contribution in [0.5, 0.6) is 0 Å². The highest BCUT2D eigenvalue weighted by atomic mass is 35.5. The van der Waals surface area contributed by atoms with Crippen LogP contribution in [-0.4, -0.2) is 16.1 Å². The molecule has 0 unspecified atom stereocenters. The summed E-state index contributed by atoms with van der Waals surface area (Å²) in [6.07, 6.45) is 1.15. The molecule has 11 heavy (non-hydrogen) atoms. The van der Waals surface area contributed by atoms with Crippen LogP contribution in [0, 0.1) is 6.92 Å². The Morgan fingerprint density at radius 2 is 2.36 bits per heavy atom. The number of halogens is 1. The average molecular weight is 173 g/mol. The molecule has 1 aromatic heterocycles. The van der Waals surface area contributed by atoms with E-state index in [1.54, 1.807) is 11.7 Å². The molecule has 1 rings (SSSR count). The third-order valence-corrected chi connectivity index (χ3v) is 2.03. The summed E-state index contributed by atoms with van der Waals surface area (Å²) in [5.41, 5.74) is 1.55. The molecule has 3 nitrogen and oxygen atoms in total. The van der Waals surface area contributed by atoms with Gasteiger partial charge in [0.25, 0.3) is 0 Å². The van der Waals surface area contributed by atoms with Crippen molar-refractivity contribution < 1.29 is 4.79 Å². The van der Waals surface area contributed by atoms with E-state index in [0.717, 1.165) is 17.7 Å². The van der Waals surface area contributed by atoms with Crippen molar-refractivity contribution in [2.24, 2.45) is 7.05 Å². The summed E-state index contributed by atoms with van der Waals surface area (Å²) in [6.45, 7) is 1.82. The third-order valence-electron chi connectivity index (χ3n) is 1.54. The van der Waals surface area contributed by atoms with Gasteiger partial charge < -0.3 is 4.79 Å². The van der Waals surface area contributed by atoms with Crippen LogP contribution in [0.15, 0.2) is 0 Å². The van der Waals surface area contributed by atoms with Crippen molar-refractivity contribution in [1.82, 2.24) is 9.78 Å². The van der Waals surface area contributed by atoms with Gasteiger partial charge in [0.2, 0.25) is 0 Å². The Balaban J connectivity index is 3.11. The van der Waals surface area contributed by atoms with E-state index in [9.17, 15) is 4.79 Å². The van der Waals surface area contributed by atoms with Crippen molar-refractivity contribution in [3.05, 3.63) is 16.4 Å². The van der Waals surface area contributed by atoms with E-state index in [1.165, 1.54) is 0 Å². The maximum absolute atomic E-state index is 10.2. The van der Waals surface area contributed by atoms with Crippen molar-refractivity contribution >= 4 is 17.9 Å². The van der Waals surface area contributed by atoms with Crippen molar-refractivity contribution in [3.8, 4) is 0 Å². The number of hydrogen-bond acceptors (Lipinski definition) is 2. The molecule has 0 aromatic carbocycles. The Labute approximate surface area is 70.0 Å². The van der Waals surface area contributed by atoms with Crippen LogP contribution in [0.4, 0.5) is 0 Å². The molecule has 1 heterocycles. The van der Waals surface area contributed by atoms with Crippen LogP contribution in [0.25, 0.3) is 0 Å². The summed E-state index contributed by atoms with van der Waals surface area (Å²) >= 11 is 5.85. The first-order valence-corrected chi connectivity index (χ1v) is 3.66. The molecule has 0 spiro atoms. The predicted octanol–water partition coefficient (Wildman–Crippen LogP) is 1.12. The number of aldehydes is 1. The fourth-order valence-corrected chi connectivity index (χ4v) is 1.22. The van der Waals surface area contributed by atoms with Crippen LogP contribution < -0.4 is 0 Å². The Hall–Kier alpha value is -0.830. The zero-order chi connectivity index (χ0) is 8.43. The molecule has 0 aliphatic heterocycles. The molecular formula is C7H9ClN2O. The van der Waals surface area contributed by atoms with E-state index in [2.05, 4.69) is 5.10 Å². The number of carbonyl (C=O) groups excluding carboxylic acids is 1. The highest BCUT2D eigenvalue weighted by Crippen LogP contribution is 2.18. The minimum absolute atomic E-state index is 0.330. The Morgan fingerprint density at radius 1 is 1.73 bits per heavy atom. The van der Waals surface area contributed by atoms with Crippen molar-refractivity contribution in [1.29, 1.82) is 0 Å². The molecule has 0 radical (unpaired) electrons. The van der Waals surface area contributed by atoms with E-state index in [0.29, 0.717) is 11.4 Å². The lowest BCUT2D eigenvalue weighted by molar-refractivity contribution is -0.107. The van der Waals surface area contributed by atoms with Gasteiger partial charge in [0.15, 0.2) is 0 Å². The molecule has 0 saturated heterocycles. The fraction of sp³-hybridized carbons (Fsp3) is 0.429. The Morgan fingerprint density at radius 3 is 2.73 bits per heavy atom. The lowest BCUT2D eigenvalue weighted by atomic mass is 10.3. The molecule has 60 valence electrons. The number of aromatic nitrogens is 2. The molecule has 0 atom stereocenters. The van der Waals surface area contributed by atoms with Crippen molar-refractivity contribution in [2.45, 2.75) is 13.3 Å². The summed E-state index contributed by atoms with van der Waals surface area (Å²) in [7, 11) is 1.78. The highest BCUT2D eigenvalue weighted by molar-refractivity contribution is 6.32. The predicted molar refractivity (Wildman–Crippen MR) is 42.7 cm³/mol. The highest BCUT2D eigenvalue weighted by Gasteiger charge is 2.09. The molecule has 1 aromatic rings. The summed E-state index contributed by atoms with van der Waals surface area (Å²) in [4.78, 5) is 10.2. The SMILES string of the molecule is Cc1nn(C)c(CC=O)c1Cl. The van der Waals surface area contributed by atoms with Gasteiger partial charge in [-0.3, -0.25) is 4.68 Å². The van der Waals surface area contributed by atoms with Crippen LogP contribution >= 0.6 is 11.6 Å². The lowest BCUT2D eigenvalue weighted by Gasteiger charge is -1.94. The smallest absolute Gasteiger partial charge is 0.125 e. The van der Waals surface area contributed by atoms with Crippen LogP contribution in [0.1, 0.15) is 11.4 Å². The fourth-order valence-electron chi connectivity index (χ4n) is 0.981. The average Bonchev–Trinajstić information content (AvgIpc) is 2.17. The zero-order valence-corrected chi connectivity index (χ0v) is 7.22. The van der Waals surface area contributed by atoms with Crippen molar-refractivity contribution in [2.75, 3.05) is 0 Å².